The van der Waals surface area contributed by atoms with Gasteiger partial charge in [0.25, 0.3) is 0 Å². The highest BCUT2D eigenvalue weighted by Crippen LogP contribution is 2.32. The van der Waals surface area contributed by atoms with Gasteiger partial charge in [-0.3, -0.25) is 4.98 Å². The Morgan fingerprint density at radius 2 is 2.18 bits per heavy atom. The van der Waals surface area contributed by atoms with Gasteiger partial charge >= 0.3 is 0 Å². The molecule has 2 N–H and O–H groups in total. The highest BCUT2D eigenvalue weighted by atomic mass is 16.7. The Hall–Kier alpha value is -1.17. The van der Waals surface area contributed by atoms with Gasteiger partial charge in [-0.2, -0.15) is 0 Å². The number of nitrogens with two attached hydrogens (primary N) is 1. The lowest BCUT2D eigenvalue weighted by atomic mass is 10.2. The molecule has 1 spiro atoms. The third-order valence-corrected chi connectivity index (χ3v) is 3.39. The zero-order chi connectivity index (χ0) is 11.7. The number of hydrogen-bond acceptors (Lipinski definition) is 5. The third kappa shape index (κ3) is 2.01. The zero-order valence-corrected chi connectivity index (χ0v) is 9.76. The summed E-state index contributed by atoms with van der Waals surface area (Å²) in [7, 11) is 0. The summed E-state index contributed by atoms with van der Waals surface area (Å²) in [6, 6.07) is 4.03. The van der Waals surface area contributed by atoms with Crippen molar-refractivity contribution in [3.63, 3.8) is 0 Å². The molecule has 2 aliphatic heterocycles. The fraction of sp³-hybridized carbons (Fsp3) is 0.583. The fourth-order valence-corrected chi connectivity index (χ4v) is 2.43. The number of pyridine rings is 1. The Kier molecular flexibility index (Phi) is 2.74. The number of anilines is 1. The molecule has 92 valence electrons. The molecule has 1 aromatic heterocycles. The smallest absolute Gasteiger partial charge is 0.187 e. The summed E-state index contributed by atoms with van der Waals surface area (Å²) in [5.41, 5.74) is 7.55. The molecule has 5 nitrogen and oxygen atoms in total. The van der Waals surface area contributed by atoms with Gasteiger partial charge in [0.2, 0.25) is 0 Å². The molecule has 0 saturated carbocycles. The van der Waals surface area contributed by atoms with E-state index in [0.29, 0.717) is 19.8 Å². The number of ether oxygens (including phenoxy) is 2. The van der Waals surface area contributed by atoms with Crippen LogP contribution in [0.25, 0.3) is 0 Å². The summed E-state index contributed by atoms with van der Waals surface area (Å²) in [6.07, 6.45) is 2.79. The molecule has 0 bridgehead atoms. The molecule has 3 rings (SSSR count). The molecule has 1 aromatic rings. The number of rotatable bonds is 2. The average Bonchev–Trinajstić information content (AvgIpc) is 3.01. The van der Waals surface area contributed by atoms with Crippen molar-refractivity contribution in [1.82, 2.24) is 4.98 Å². The largest absolute Gasteiger partial charge is 0.365 e. The van der Waals surface area contributed by atoms with E-state index in [0.717, 1.165) is 30.9 Å². The van der Waals surface area contributed by atoms with E-state index in [9.17, 15) is 0 Å². The van der Waals surface area contributed by atoms with Crippen molar-refractivity contribution in [2.24, 2.45) is 5.73 Å². The Morgan fingerprint density at radius 3 is 2.82 bits per heavy atom. The van der Waals surface area contributed by atoms with Crippen molar-refractivity contribution in [2.75, 3.05) is 31.2 Å². The Bertz CT molecular complexity index is 387. The van der Waals surface area contributed by atoms with E-state index in [1.54, 1.807) is 0 Å². The molecule has 17 heavy (non-hydrogen) atoms. The van der Waals surface area contributed by atoms with Gasteiger partial charge in [0.1, 0.15) is 0 Å². The predicted molar refractivity (Wildman–Crippen MR) is 63.6 cm³/mol. The van der Waals surface area contributed by atoms with Crippen LogP contribution in [0.5, 0.6) is 0 Å². The van der Waals surface area contributed by atoms with Crippen LogP contribution in [0.4, 0.5) is 5.69 Å². The lowest BCUT2D eigenvalue weighted by Crippen LogP contribution is -2.34. The van der Waals surface area contributed by atoms with Gasteiger partial charge in [0.05, 0.1) is 37.3 Å². The van der Waals surface area contributed by atoms with E-state index >= 15 is 0 Å². The summed E-state index contributed by atoms with van der Waals surface area (Å²) >= 11 is 0. The lowest BCUT2D eigenvalue weighted by molar-refractivity contribution is -0.137. The normalized spacial score (nSPS) is 22.5. The van der Waals surface area contributed by atoms with Gasteiger partial charge in [0.15, 0.2) is 5.79 Å². The molecule has 0 amide bonds. The van der Waals surface area contributed by atoms with Gasteiger partial charge in [-0.1, -0.05) is 0 Å². The highest BCUT2D eigenvalue weighted by molar-refractivity contribution is 5.46. The SMILES string of the molecule is NCc1ccc(N2CCC3(C2)OCCO3)cn1. The monoisotopic (exact) mass is 235 g/mol. The van der Waals surface area contributed by atoms with Crippen LogP contribution in [0.3, 0.4) is 0 Å². The molecular weight excluding hydrogens is 218 g/mol. The van der Waals surface area contributed by atoms with Crippen LogP contribution in [-0.2, 0) is 16.0 Å². The second kappa shape index (κ2) is 4.25. The van der Waals surface area contributed by atoms with E-state index in [4.69, 9.17) is 15.2 Å². The van der Waals surface area contributed by atoms with Gasteiger partial charge in [-0.25, -0.2) is 0 Å². The fourth-order valence-electron chi connectivity index (χ4n) is 2.43. The van der Waals surface area contributed by atoms with Crippen LogP contribution < -0.4 is 10.6 Å². The van der Waals surface area contributed by atoms with Crippen LogP contribution in [0.1, 0.15) is 12.1 Å². The summed E-state index contributed by atoms with van der Waals surface area (Å²) in [5.74, 6) is -0.369. The van der Waals surface area contributed by atoms with Crippen molar-refractivity contribution in [1.29, 1.82) is 0 Å². The summed E-state index contributed by atoms with van der Waals surface area (Å²) in [6.45, 7) is 3.63. The first-order valence-corrected chi connectivity index (χ1v) is 5.99. The standard InChI is InChI=1S/C12H17N3O2/c13-7-10-1-2-11(8-14-10)15-4-3-12(9-15)16-5-6-17-12/h1-2,8H,3-7,9,13H2. The van der Waals surface area contributed by atoms with Gasteiger partial charge in [-0.15, -0.1) is 0 Å². The van der Waals surface area contributed by atoms with Crippen LogP contribution in [-0.4, -0.2) is 37.1 Å². The van der Waals surface area contributed by atoms with Gasteiger partial charge < -0.3 is 20.1 Å². The minimum absolute atomic E-state index is 0.369. The quantitative estimate of drug-likeness (QED) is 0.808. The Morgan fingerprint density at radius 1 is 1.35 bits per heavy atom. The van der Waals surface area contributed by atoms with E-state index in [2.05, 4.69) is 16.0 Å². The predicted octanol–water partition coefficient (Wildman–Crippen LogP) is 0.493. The highest BCUT2D eigenvalue weighted by Gasteiger charge is 2.43. The van der Waals surface area contributed by atoms with Gasteiger partial charge in [0, 0.05) is 19.5 Å². The number of hydrogen-bond donors (Lipinski definition) is 1. The van der Waals surface area contributed by atoms with E-state index < -0.39 is 0 Å². The van der Waals surface area contributed by atoms with Crippen molar-refractivity contribution < 1.29 is 9.47 Å². The second-order valence-electron chi connectivity index (χ2n) is 4.49. The topological polar surface area (TPSA) is 60.6 Å². The molecule has 2 aliphatic rings. The summed E-state index contributed by atoms with van der Waals surface area (Å²) in [5, 5.41) is 0. The lowest BCUT2D eigenvalue weighted by Gasteiger charge is -2.23. The van der Waals surface area contributed by atoms with Crippen molar-refractivity contribution in [3.05, 3.63) is 24.0 Å². The maximum Gasteiger partial charge on any atom is 0.187 e. The van der Waals surface area contributed by atoms with Crippen molar-refractivity contribution in [3.8, 4) is 0 Å². The first kappa shape index (κ1) is 11.0. The molecule has 2 fully saturated rings. The number of aromatic nitrogens is 1. The molecule has 0 aliphatic carbocycles. The summed E-state index contributed by atoms with van der Waals surface area (Å²) in [4.78, 5) is 6.56. The Balaban J connectivity index is 1.72. The minimum Gasteiger partial charge on any atom is -0.365 e. The van der Waals surface area contributed by atoms with Crippen LogP contribution in [0.15, 0.2) is 18.3 Å². The van der Waals surface area contributed by atoms with Crippen molar-refractivity contribution >= 4 is 5.69 Å². The van der Waals surface area contributed by atoms with Crippen LogP contribution in [0.2, 0.25) is 0 Å². The minimum atomic E-state index is -0.369. The molecule has 0 radical (unpaired) electrons. The zero-order valence-electron chi connectivity index (χ0n) is 9.76. The van der Waals surface area contributed by atoms with Crippen LogP contribution in [0, 0.1) is 0 Å². The maximum absolute atomic E-state index is 5.69. The second-order valence-corrected chi connectivity index (χ2v) is 4.49. The molecular formula is C12H17N3O2. The first-order valence-electron chi connectivity index (χ1n) is 5.99. The molecule has 5 heteroatoms. The summed E-state index contributed by atoms with van der Waals surface area (Å²) < 4.78 is 11.4. The molecule has 0 aromatic carbocycles. The molecule has 0 atom stereocenters. The Labute approximate surface area is 101 Å². The van der Waals surface area contributed by atoms with Crippen LogP contribution >= 0.6 is 0 Å². The van der Waals surface area contributed by atoms with Gasteiger partial charge in [-0.05, 0) is 12.1 Å². The molecule has 2 saturated heterocycles. The maximum atomic E-state index is 5.69. The van der Waals surface area contributed by atoms with Crippen molar-refractivity contribution in [2.45, 2.75) is 18.8 Å². The number of nitrogens with zero attached hydrogens (tertiary/aromatic N) is 2. The average molecular weight is 235 g/mol. The molecule has 0 unspecified atom stereocenters. The van der Waals surface area contributed by atoms with E-state index in [1.807, 2.05) is 12.3 Å². The van der Waals surface area contributed by atoms with E-state index in [-0.39, 0.29) is 5.79 Å². The van der Waals surface area contributed by atoms with E-state index in [1.165, 1.54) is 0 Å². The third-order valence-electron chi connectivity index (χ3n) is 3.39. The molecule has 3 heterocycles. The first-order chi connectivity index (χ1) is 8.31.